The molecule has 0 aliphatic heterocycles. The van der Waals surface area contributed by atoms with Crippen LogP contribution in [0, 0.1) is 11.3 Å². The van der Waals surface area contributed by atoms with Crippen LogP contribution in [0.3, 0.4) is 0 Å². The molecule has 0 aromatic heterocycles. The highest BCUT2D eigenvalue weighted by Crippen LogP contribution is 2.31. The predicted molar refractivity (Wildman–Crippen MR) is 57.9 cm³/mol. The van der Waals surface area contributed by atoms with Crippen LogP contribution in [0.1, 0.15) is 35.6 Å². The van der Waals surface area contributed by atoms with Gasteiger partial charge in [0.15, 0.2) is 6.10 Å². The number of carboxylic acid groups (broad SMARTS) is 1. The predicted octanol–water partition coefficient (Wildman–Crippen LogP) is 2.20. The van der Waals surface area contributed by atoms with Crippen molar-refractivity contribution in [3.05, 3.63) is 34.9 Å². The normalized spacial score (nSPS) is 12.2. The Morgan fingerprint density at radius 1 is 1.44 bits per heavy atom. The van der Waals surface area contributed by atoms with Gasteiger partial charge >= 0.3 is 5.97 Å². The van der Waals surface area contributed by atoms with Gasteiger partial charge in [-0.15, -0.1) is 0 Å². The van der Waals surface area contributed by atoms with E-state index in [4.69, 9.17) is 10.4 Å². The van der Waals surface area contributed by atoms with Gasteiger partial charge < -0.3 is 10.2 Å². The maximum absolute atomic E-state index is 12.8. The van der Waals surface area contributed by atoms with Crippen LogP contribution in [0.25, 0.3) is 0 Å². The number of carbonyl (C=O) groups is 1. The van der Waals surface area contributed by atoms with Gasteiger partial charge in [-0.1, -0.05) is 18.2 Å². The first kappa shape index (κ1) is 14.1. The van der Waals surface area contributed by atoms with Crippen molar-refractivity contribution >= 4 is 5.97 Å². The molecule has 1 unspecified atom stereocenters. The molecular weight excluding hydrogens is 244 g/mol. The maximum Gasteiger partial charge on any atom is 0.337 e. The number of carboxylic acids is 1. The number of aliphatic hydroxyl groups is 1. The molecule has 2 N–H and O–H groups in total. The minimum absolute atomic E-state index is 0.0615. The zero-order chi connectivity index (χ0) is 13.7. The Morgan fingerprint density at radius 3 is 2.61 bits per heavy atom. The van der Waals surface area contributed by atoms with Crippen LogP contribution in [0.4, 0.5) is 8.78 Å². The molecule has 0 aliphatic rings. The lowest BCUT2D eigenvalue weighted by Crippen LogP contribution is -2.15. The van der Waals surface area contributed by atoms with Gasteiger partial charge in [0, 0.05) is 17.5 Å². The zero-order valence-corrected chi connectivity index (χ0v) is 9.31. The zero-order valence-electron chi connectivity index (χ0n) is 9.31. The van der Waals surface area contributed by atoms with Crippen LogP contribution in [0.15, 0.2) is 18.2 Å². The van der Waals surface area contributed by atoms with Gasteiger partial charge in [0.05, 0.1) is 6.07 Å². The van der Waals surface area contributed by atoms with Crippen molar-refractivity contribution in [1.29, 1.82) is 5.26 Å². The molecule has 1 aromatic carbocycles. The average Bonchev–Trinajstić information content (AvgIpc) is 2.34. The van der Waals surface area contributed by atoms with Gasteiger partial charge in [-0.2, -0.15) is 5.26 Å². The largest absolute Gasteiger partial charge is 0.479 e. The molecule has 0 saturated carbocycles. The first-order valence-electron chi connectivity index (χ1n) is 5.16. The SMILES string of the molecule is N#CCCc1cccc(C(F)F)c1C(O)C(=O)O. The van der Waals surface area contributed by atoms with Crippen molar-refractivity contribution in [1.82, 2.24) is 0 Å². The minimum Gasteiger partial charge on any atom is -0.479 e. The summed E-state index contributed by atoms with van der Waals surface area (Å²) in [5, 5.41) is 26.7. The number of hydrogen-bond acceptors (Lipinski definition) is 3. The highest BCUT2D eigenvalue weighted by molar-refractivity contribution is 5.75. The van der Waals surface area contributed by atoms with E-state index in [0.717, 1.165) is 6.07 Å². The molecule has 0 bridgehead atoms. The molecule has 0 aliphatic carbocycles. The van der Waals surface area contributed by atoms with Crippen LogP contribution < -0.4 is 0 Å². The average molecular weight is 255 g/mol. The molecular formula is C12H11F2NO3. The number of nitrogens with zero attached hydrogens (tertiary/aromatic N) is 1. The third-order valence-electron chi connectivity index (χ3n) is 2.48. The number of benzene rings is 1. The Balaban J connectivity index is 3.30. The summed E-state index contributed by atoms with van der Waals surface area (Å²) in [5.41, 5.74) is -0.570. The van der Waals surface area contributed by atoms with Gasteiger partial charge in [-0.3, -0.25) is 0 Å². The van der Waals surface area contributed by atoms with E-state index < -0.39 is 24.1 Å². The maximum atomic E-state index is 12.8. The van der Waals surface area contributed by atoms with Crippen molar-refractivity contribution < 1.29 is 23.8 Å². The Morgan fingerprint density at radius 2 is 2.11 bits per heavy atom. The van der Waals surface area contributed by atoms with Gasteiger partial charge in [0.2, 0.25) is 0 Å². The lowest BCUT2D eigenvalue weighted by Gasteiger charge is -2.16. The number of aliphatic hydroxyl groups excluding tert-OH is 1. The lowest BCUT2D eigenvalue weighted by atomic mass is 9.94. The van der Waals surface area contributed by atoms with Crippen LogP contribution in [-0.4, -0.2) is 16.2 Å². The van der Waals surface area contributed by atoms with Gasteiger partial charge in [0.25, 0.3) is 6.43 Å². The molecule has 1 aromatic rings. The third kappa shape index (κ3) is 3.02. The lowest BCUT2D eigenvalue weighted by molar-refractivity contribution is -0.147. The molecule has 0 amide bonds. The standard InChI is InChI=1S/C12H11F2NO3/c13-11(14)8-5-1-3-7(4-2-6-15)9(8)10(16)12(17)18/h1,3,5,10-11,16H,2,4H2,(H,17,18). The number of aryl methyl sites for hydroxylation is 1. The molecule has 1 atom stereocenters. The van der Waals surface area contributed by atoms with E-state index in [-0.39, 0.29) is 24.0 Å². The second kappa shape index (κ2) is 6.07. The van der Waals surface area contributed by atoms with Crippen molar-refractivity contribution in [3.63, 3.8) is 0 Å². The third-order valence-corrected chi connectivity index (χ3v) is 2.48. The van der Waals surface area contributed by atoms with E-state index in [0.29, 0.717) is 0 Å². The summed E-state index contributed by atoms with van der Waals surface area (Å²) in [6, 6.07) is 5.70. The Labute approximate surface area is 102 Å². The van der Waals surface area contributed by atoms with E-state index in [1.807, 2.05) is 6.07 Å². The van der Waals surface area contributed by atoms with E-state index in [2.05, 4.69) is 0 Å². The summed E-state index contributed by atoms with van der Waals surface area (Å²) < 4.78 is 25.6. The van der Waals surface area contributed by atoms with Crippen LogP contribution in [0.5, 0.6) is 0 Å². The second-order valence-electron chi connectivity index (χ2n) is 3.62. The van der Waals surface area contributed by atoms with Crippen molar-refractivity contribution in [3.8, 4) is 6.07 Å². The monoisotopic (exact) mass is 255 g/mol. The topological polar surface area (TPSA) is 81.3 Å². The number of rotatable bonds is 5. The molecule has 0 spiro atoms. The number of alkyl halides is 2. The van der Waals surface area contributed by atoms with Crippen LogP contribution in [0.2, 0.25) is 0 Å². The summed E-state index contributed by atoms with van der Waals surface area (Å²) in [7, 11) is 0. The smallest absolute Gasteiger partial charge is 0.337 e. The quantitative estimate of drug-likeness (QED) is 0.845. The fraction of sp³-hybridized carbons (Fsp3) is 0.333. The highest BCUT2D eigenvalue weighted by atomic mass is 19.3. The van der Waals surface area contributed by atoms with Gasteiger partial charge in [-0.05, 0) is 12.0 Å². The molecule has 6 heteroatoms. The van der Waals surface area contributed by atoms with Crippen molar-refractivity contribution in [2.24, 2.45) is 0 Å². The van der Waals surface area contributed by atoms with Crippen molar-refractivity contribution in [2.45, 2.75) is 25.4 Å². The molecule has 1 rings (SSSR count). The number of aliphatic carboxylic acids is 1. The molecule has 0 radical (unpaired) electrons. The van der Waals surface area contributed by atoms with E-state index in [1.165, 1.54) is 12.1 Å². The van der Waals surface area contributed by atoms with E-state index in [9.17, 15) is 18.7 Å². The summed E-state index contributed by atoms with van der Waals surface area (Å²) in [6.07, 6.45) is -4.71. The van der Waals surface area contributed by atoms with Crippen LogP contribution in [-0.2, 0) is 11.2 Å². The molecule has 18 heavy (non-hydrogen) atoms. The summed E-state index contributed by atoms with van der Waals surface area (Å²) in [6.45, 7) is 0. The fourth-order valence-electron chi connectivity index (χ4n) is 1.69. The Bertz CT molecular complexity index is 483. The summed E-state index contributed by atoms with van der Waals surface area (Å²) >= 11 is 0. The summed E-state index contributed by atoms with van der Waals surface area (Å²) in [5.74, 6) is -1.60. The Hall–Kier alpha value is -2.00. The minimum atomic E-state index is -2.88. The second-order valence-corrected chi connectivity index (χ2v) is 3.62. The fourth-order valence-corrected chi connectivity index (χ4v) is 1.69. The Kier molecular flexibility index (Phi) is 4.75. The first-order valence-corrected chi connectivity index (χ1v) is 5.16. The number of halogens is 2. The molecule has 0 saturated heterocycles. The highest BCUT2D eigenvalue weighted by Gasteiger charge is 2.26. The van der Waals surface area contributed by atoms with Gasteiger partial charge in [-0.25, -0.2) is 13.6 Å². The van der Waals surface area contributed by atoms with Crippen LogP contribution >= 0.6 is 0 Å². The number of nitriles is 1. The molecule has 4 nitrogen and oxygen atoms in total. The van der Waals surface area contributed by atoms with E-state index in [1.54, 1.807) is 0 Å². The molecule has 0 heterocycles. The summed E-state index contributed by atoms with van der Waals surface area (Å²) in [4.78, 5) is 10.7. The first-order chi connectivity index (χ1) is 8.49. The molecule has 0 fully saturated rings. The van der Waals surface area contributed by atoms with E-state index >= 15 is 0 Å². The number of hydrogen-bond donors (Lipinski definition) is 2. The molecule has 96 valence electrons. The van der Waals surface area contributed by atoms with Gasteiger partial charge in [0.1, 0.15) is 0 Å². The van der Waals surface area contributed by atoms with Crippen molar-refractivity contribution in [2.75, 3.05) is 0 Å².